The number of unbranched alkanes of at least 4 members (excludes halogenated alkanes) is 3. The highest BCUT2D eigenvalue weighted by Crippen LogP contribution is 2.36. The predicted octanol–water partition coefficient (Wildman–Crippen LogP) is 5.69. The number of rotatable bonds is 8. The molecule has 0 radical (unpaired) electrons. The molecule has 1 saturated carbocycles. The molecule has 0 N–H and O–H groups in total. The van der Waals surface area contributed by atoms with Crippen molar-refractivity contribution in [1.82, 2.24) is 0 Å². The van der Waals surface area contributed by atoms with E-state index < -0.39 is 0 Å². The van der Waals surface area contributed by atoms with Gasteiger partial charge >= 0.3 is 0 Å². The van der Waals surface area contributed by atoms with Crippen molar-refractivity contribution in [2.45, 2.75) is 103 Å². The molecule has 0 amide bonds. The Balaban J connectivity index is 1.66. The van der Waals surface area contributed by atoms with Crippen LogP contribution in [0.15, 0.2) is 0 Å². The molecule has 2 atom stereocenters. The number of hydrogen-bond donors (Lipinski definition) is 0. The average Bonchev–Trinajstić information content (AvgIpc) is 2.54. The Kier molecular flexibility index (Phi) is 8.10. The van der Waals surface area contributed by atoms with Gasteiger partial charge in [-0.3, -0.25) is 0 Å². The van der Waals surface area contributed by atoms with Crippen molar-refractivity contribution in [2.75, 3.05) is 6.61 Å². The third-order valence-corrected chi connectivity index (χ3v) is 5.42. The molecule has 21 heavy (non-hydrogen) atoms. The first-order chi connectivity index (χ1) is 10.3. The Morgan fingerprint density at radius 2 is 1.57 bits per heavy atom. The van der Waals surface area contributed by atoms with Gasteiger partial charge in [-0.05, 0) is 44.4 Å². The fourth-order valence-corrected chi connectivity index (χ4v) is 3.94. The molecule has 2 heteroatoms. The van der Waals surface area contributed by atoms with Gasteiger partial charge in [0.1, 0.15) is 0 Å². The van der Waals surface area contributed by atoms with E-state index in [0.717, 1.165) is 18.9 Å². The van der Waals surface area contributed by atoms with E-state index in [9.17, 15) is 0 Å². The molecule has 2 rings (SSSR count). The van der Waals surface area contributed by atoms with Crippen LogP contribution in [0, 0.1) is 11.8 Å². The van der Waals surface area contributed by atoms with E-state index in [4.69, 9.17) is 9.47 Å². The minimum absolute atomic E-state index is 0.109. The van der Waals surface area contributed by atoms with Crippen LogP contribution in [0.4, 0.5) is 0 Å². The van der Waals surface area contributed by atoms with Crippen LogP contribution in [0.3, 0.4) is 0 Å². The van der Waals surface area contributed by atoms with Crippen molar-refractivity contribution >= 4 is 0 Å². The van der Waals surface area contributed by atoms with Crippen molar-refractivity contribution < 1.29 is 9.47 Å². The van der Waals surface area contributed by atoms with E-state index >= 15 is 0 Å². The molecule has 124 valence electrons. The molecular weight excluding hydrogens is 260 g/mol. The molecule has 2 nitrogen and oxygen atoms in total. The second kappa shape index (κ2) is 9.84. The summed E-state index contributed by atoms with van der Waals surface area (Å²) in [7, 11) is 0. The highest BCUT2D eigenvalue weighted by Gasteiger charge is 2.32. The monoisotopic (exact) mass is 296 g/mol. The van der Waals surface area contributed by atoms with Crippen LogP contribution in [0.1, 0.15) is 90.9 Å². The lowest BCUT2D eigenvalue weighted by molar-refractivity contribution is -0.241. The first kappa shape index (κ1) is 17.3. The smallest absolute Gasteiger partial charge is 0.160 e. The second-order valence-corrected chi connectivity index (χ2v) is 7.20. The standard InChI is InChI=1S/C19H36O2/c1-3-5-7-8-16-10-12-17(13-11-16)19-20-15-14-18(21-19)9-6-4-2/h16-19H,3-15H2,1-2H3/t16?,17?,18-,19-/m0/s1. The van der Waals surface area contributed by atoms with Crippen LogP contribution < -0.4 is 0 Å². The second-order valence-electron chi connectivity index (χ2n) is 7.20. The molecule has 0 aromatic heterocycles. The van der Waals surface area contributed by atoms with Gasteiger partial charge in [0.25, 0.3) is 0 Å². The molecular formula is C19H36O2. The Hall–Kier alpha value is -0.0800. The molecule has 1 aliphatic heterocycles. The Bertz CT molecular complexity index is 258. The topological polar surface area (TPSA) is 18.5 Å². The summed E-state index contributed by atoms with van der Waals surface area (Å²) in [5, 5.41) is 0. The van der Waals surface area contributed by atoms with Crippen LogP contribution in [0.5, 0.6) is 0 Å². The van der Waals surface area contributed by atoms with Gasteiger partial charge in [0.05, 0.1) is 12.7 Å². The number of ether oxygens (including phenoxy) is 2. The SMILES string of the molecule is CCCCCC1CCC([C@H]2OCC[C@H](CCCC)O2)CC1. The van der Waals surface area contributed by atoms with E-state index in [1.54, 1.807) is 0 Å². The third kappa shape index (κ3) is 5.90. The molecule has 1 heterocycles. The predicted molar refractivity (Wildman–Crippen MR) is 88.3 cm³/mol. The fraction of sp³-hybridized carbons (Fsp3) is 1.00. The van der Waals surface area contributed by atoms with Crippen molar-refractivity contribution in [3.05, 3.63) is 0 Å². The quantitative estimate of drug-likeness (QED) is 0.535. The molecule has 2 aliphatic rings. The van der Waals surface area contributed by atoms with E-state index in [1.165, 1.54) is 70.6 Å². The molecule has 1 saturated heterocycles. The fourth-order valence-electron chi connectivity index (χ4n) is 3.94. The maximum absolute atomic E-state index is 6.24. The van der Waals surface area contributed by atoms with E-state index in [1.807, 2.05) is 0 Å². The van der Waals surface area contributed by atoms with Crippen molar-refractivity contribution in [1.29, 1.82) is 0 Å². The summed E-state index contributed by atoms with van der Waals surface area (Å²) >= 11 is 0. The zero-order valence-electron chi connectivity index (χ0n) is 14.3. The van der Waals surface area contributed by atoms with Crippen molar-refractivity contribution in [3.8, 4) is 0 Å². The molecule has 1 aliphatic carbocycles. The molecule has 0 bridgehead atoms. The average molecular weight is 296 g/mol. The van der Waals surface area contributed by atoms with E-state index in [-0.39, 0.29) is 6.29 Å². The van der Waals surface area contributed by atoms with Gasteiger partial charge in [-0.15, -0.1) is 0 Å². The molecule has 0 aromatic carbocycles. The van der Waals surface area contributed by atoms with Gasteiger partial charge < -0.3 is 9.47 Å². The summed E-state index contributed by atoms with van der Waals surface area (Å²) in [6, 6.07) is 0. The normalized spacial score (nSPS) is 34.0. The summed E-state index contributed by atoms with van der Waals surface area (Å²) in [4.78, 5) is 0. The largest absolute Gasteiger partial charge is 0.352 e. The molecule has 2 fully saturated rings. The lowest BCUT2D eigenvalue weighted by Gasteiger charge is -2.38. The van der Waals surface area contributed by atoms with Crippen molar-refractivity contribution in [3.63, 3.8) is 0 Å². The summed E-state index contributed by atoms with van der Waals surface area (Å²) in [6.45, 7) is 5.47. The van der Waals surface area contributed by atoms with E-state index in [0.29, 0.717) is 12.0 Å². The molecule has 0 spiro atoms. The van der Waals surface area contributed by atoms with Gasteiger partial charge in [0, 0.05) is 5.92 Å². The zero-order chi connectivity index (χ0) is 14.9. The van der Waals surface area contributed by atoms with Crippen LogP contribution in [0.2, 0.25) is 0 Å². The van der Waals surface area contributed by atoms with Crippen LogP contribution in [-0.2, 0) is 9.47 Å². The summed E-state index contributed by atoms with van der Waals surface area (Å²) < 4.78 is 12.2. The maximum atomic E-state index is 6.24. The van der Waals surface area contributed by atoms with Crippen LogP contribution in [0.25, 0.3) is 0 Å². The Morgan fingerprint density at radius 1 is 0.810 bits per heavy atom. The lowest BCUT2D eigenvalue weighted by atomic mass is 9.79. The van der Waals surface area contributed by atoms with Crippen LogP contribution in [-0.4, -0.2) is 19.0 Å². The van der Waals surface area contributed by atoms with Gasteiger partial charge in [0.15, 0.2) is 6.29 Å². The van der Waals surface area contributed by atoms with Gasteiger partial charge in [-0.25, -0.2) is 0 Å². The maximum Gasteiger partial charge on any atom is 0.160 e. The van der Waals surface area contributed by atoms with Gasteiger partial charge in [-0.2, -0.15) is 0 Å². The Labute approximate surface area is 132 Å². The first-order valence-corrected chi connectivity index (χ1v) is 9.60. The minimum Gasteiger partial charge on any atom is -0.352 e. The van der Waals surface area contributed by atoms with E-state index in [2.05, 4.69) is 13.8 Å². The minimum atomic E-state index is 0.109. The molecule has 0 unspecified atom stereocenters. The van der Waals surface area contributed by atoms with Crippen LogP contribution >= 0.6 is 0 Å². The summed E-state index contributed by atoms with van der Waals surface area (Å²) in [5.41, 5.74) is 0. The van der Waals surface area contributed by atoms with Crippen molar-refractivity contribution in [2.24, 2.45) is 11.8 Å². The highest BCUT2D eigenvalue weighted by molar-refractivity contribution is 4.77. The summed E-state index contributed by atoms with van der Waals surface area (Å²) in [6.07, 6.45) is 16.5. The highest BCUT2D eigenvalue weighted by atomic mass is 16.7. The lowest BCUT2D eigenvalue weighted by Crippen LogP contribution is -2.38. The molecule has 0 aromatic rings. The third-order valence-electron chi connectivity index (χ3n) is 5.42. The Morgan fingerprint density at radius 3 is 2.29 bits per heavy atom. The zero-order valence-corrected chi connectivity index (χ0v) is 14.3. The first-order valence-electron chi connectivity index (χ1n) is 9.60. The van der Waals surface area contributed by atoms with Gasteiger partial charge in [-0.1, -0.05) is 52.4 Å². The summed E-state index contributed by atoms with van der Waals surface area (Å²) in [5.74, 6) is 1.64. The number of hydrogen-bond acceptors (Lipinski definition) is 2. The van der Waals surface area contributed by atoms with Gasteiger partial charge in [0.2, 0.25) is 0 Å².